The Morgan fingerprint density at radius 2 is 1.96 bits per heavy atom. The maximum atomic E-state index is 12.1. The number of benzene rings is 1. The van der Waals surface area contributed by atoms with Crippen molar-refractivity contribution in [1.82, 2.24) is 15.1 Å². The lowest BCUT2D eigenvalue weighted by Crippen LogP contribution is -2.27. The molecule has 1 fully saturated rings. The van der Waals surface area contributed by atoms with Crippen molar-refractivity contribution in [3.8, 4) is 10.6 Å². The van der Waals surface area contributed by atoms with E-state index in [2.05, 4.69) is 24.3 Å². The Morgan fingerprint density at radius 3 is 2.62 bits per heavy atom. The highest BCUT2D eigenvalue weighted by Crippen LogP contribution is 2.22. The second kappa shape index (κ2) is 8.62. The van der Waals surface area contributed by atoms with Crippen LogP contribution < -0.4 is 10.1 Å². The lowest BCUT2D eigenvalue weighted by atomic mass is 9.96. The number of nitrogens with one attached hydrogen (secondary N) is 1. The Bertz CT molecular complexity index is 798. The second-order valence-corrected chi connectivity index (χ2v) is 8.37. The van der Waals surface area contributed by atoms with Crippen molar-refractivity contribution in [2.45, 2.75) is 52.0 Å². The van der Waals surface area contributed by atoms with Gasteiger partial charge in [0.2, 0.25) is 4.80 Å². The van der Waals surface area contributed by atoms with Crippen LogP contribution in [0.1, 0.15) is 56.3 Å². The summed E-state index contributed by atoms with van der Waals surface area (Å²) in [5.74, 6) is 0.419. The fourth-order valence-electron chi connectivity index (χ4n) is 3.11. The minimum absolute atomic E-state index is 0.0251. The van der Waals surface area contributed by atoms with E-state index >= 15 is 0 Å². The van der Waals surface area contributed by atoms with Gasteiger partial charge in [0.1, 0.15) is 5.01 Å². The normalized spacial score (nSPS) is 16.2. The fourth-order valence-corrected chi connectivity index (χ4v) is 4.07. The molecule has 0 saturated heterocycles. The van der Waals surface area contributed by atoms with Gasteiger partial charge in [-0.3, -0.25) is 9.79 Å². The summed E-state index contributed by atoms with van der Waals surface area (Å²) in [5, 5.41) is 8.51. The molecule has 1 aromatic heterocycles. The van der Waals surface area contributed by atoms with Gasteiger partial charge in [-0.15, -0.1) is 0 Å². The van der Waals surface area contributed by atoms with Gasteiger partial charge in [0.05, 0.1) is 6.04 Å². The minimum atomic E-state index is -0.0251. The topological polar surface area (TPSA) is 59.3 Å². The van der Waals surface area contributed by atoms with Gasteiger partial charge in [-0.2, -0.15) is 5.10 Å². The summed E-state index contributed by atoms with van der Waals surface area (Å²) in [4.78, 5) is 18.0. The third-order valence-electron chi connectivity index (χ3n) is 4.64. The van der Waals surface area contributed by atoms with Crippen molar-refractivity contribution >= 4 is 17.2 Å². The van der Waals surface area contributed by atoms with E-state index in [-0.39, 0.29) is 5.91 Å². The molecule has 0 spiro atoms. The number of aryl methyl sites for hydroxylation is 1. The van der Waals surface area contributed by atoms with Crippen LogP contribution in [0.5, 0.6) is 0 Å². The molecule has 1 aliphatic rings. The second-order valence-electron chi connectivity index (χ2n) is 7.42. The van der Waals surface area contributed by atoms with Gasteiger partial charge in [0.25, 0.3) is 5.91 Å². The Hall–Kier alpha value is -1.95. The molecule has 1 aromatic carbocycles. The molecule has 26 heavy (non-hydrogen) atoms. The number of hydrogen-bond donors (Lipinski definition) is 1. The van der Waals surface area contributed by atoms with Crippen molar-refractivity contribution in [1.29, 1.82) is 0 Å². The molecule has 1 N–H and O–H groups in total. The van der Waals surface area contributed by atoms with Gasteiger partial charge in [-0.05, 0) is 30.9 Å². The predicted molar refractivity (Wildman–Crippen MR) is 106 cm³/mol. The Kier molecular flexibility index (Phi) is 6.25. The van der Waals surface area contributed by atoms with Crippen molar-refractivity contribution in [2.24, 2.45) is 18.0 Å². The number of hydrogen-bond acceptors (Lipinski definition) is 4. The van der Waals surface area contributed by atoms with Gasteiger partial charge in [-0.1, -0.05) is 56.6 Å². The first-order chi connectivity index (χ1) is 12.5. The molecule has 3 rings (SSSR count). The third kappa shape index (κ3) is 4.81. The summed E-state index contributed by atoms with van der Waals surface area (Å²) in [6.07, 6.45) is 6.28. The SMILES string of the molecule is CC(C)CNC(=O)c1ccc(-c2nn(C)/c(=N\C3CCCCC3)s2)cc1. The average molecular weight is 373 g/mol. The molecule has 1 aliphatic carbocycles. The van der Waals surface area contributed by atoms with Crippen molar-refractivity contribution in [2.75, 3.05) is 6.54 Å². The van der Waals surface area contributed by atoms with Gasteiger partial charge in [0, 0.05) is 24.7 Å². The zero-order valence-corrected chi connectivity index (χ0v) is 16.7. The van der Waals surface area contributed by atoms with E-state index in [1.807, 2.05) is 36.0 Å². The monoisotopic (exact) mass is 372 g/mol. The van der Waals surface area contributed by atoms with E-state index in [0.717, 1.165) is 15.4 Å². The summed E-state index contributed by atoms with van der Waals surface area (Å²) < 4.78 is 1.87. The Morgan fingerprint density at radius 1 is 1.27 bits per heavy atom. The molecule has 6 heteroatoms. The van der Waals surface area contributed by atoms with Crippen LogP contribution >= 0.6 is 11.3 Å². The number of rotatable bonds is 5. The van der Waals surface area contributed by atoms with E-state index in [0.29, 0.717) is 24.1 Å². The minimum Gasteiger partial charge on any atom is -0.352 e. The first-order valence-corrected chi connectivity index (χ1v) is 10.3. The summed E-state index contributed by atoms with van der Waals surface area (Å²) in [5.41, 5.74) is 1.71. The van der Waals surface area contributed by atoms with Gasteiger partial charge in [-0.25, -0.2) is 4.68 Å². The summed E-state index contributed by atoms with van der Waals surface area (Å²) in [6, 6.07) is 8.10. The van der Waals surface area contributed by atoms with Gasteiger partial charge >= 0.3 is 0 Å². The van der Waals surface area contributed by atoms with E-state index in [4.69, 9.17) is 4.99 Å². The third-order valence-corrected chi connectivity index (χ3v) is 5.70. The van der Waals surface area contributed by atoms with Gasteiger partial charge in [0.15, 0.2) is 0 Å². The number of amides is 1. The molecule has 2 aromatic rings. The number of aromatic nitrogens is 2. The molecule has 0 radical (unpaired) electrons. The molecular weight excluding hydrogens is 344 g/mol. The highest BCUT2D eigenvalue weighted by atomic mass is 32.1. The molecule has 0 atom stereocenters. The van der Waals surface area contributed by atoms with E-state index < -0.39 is 0 Å². The lowest BCUT2D eigenvalue weighted by molar-refractivity contribution is 0.0949. The summed E-state index contributed by atoms with van der Waals surface area (Å²) >= 11 is 1.62. The number of carbonyl (C=O) groups excluding carboxylic acids is 1. The van der Waals surface area contributed by atoms with Crippen LogP contribution in [0, 0.1) is 5.92 Å². The van der Waals surface area contributed by atoms with E-state index in [1.54, 1.807) is 11.3 Å². The first kappa shape index (κ1) is 18.8. The largest absolute Gasteiger partial charge is 0.352 e. The van der Waals surface area contributed by atoms with Crippen LogP contribution in [-0.4, -0.2) is 28.3 Å². The molecule has 1 amide bonds. The number of nitrogens with zero attached hydrogens (tertiary/aromatic N) is 3. The maximum absolute atomic E-state index is 12.1. The molecule has 1 heterocycles. The van der Waals surface area contributed by atoms with Crippen LogP contribution in [0.15, 0.2) is 29.3 Å². The fraction of sp³-hybridized carbons (Fsp3) is 0.550. The highest BCUT2D eigenvalue weighted by molar-refractivity contribution is 7.12. The van der Waals surface area contributed by atoms with Gasteiger partial charge < -0.3 is 5.32 Å². The Labute approximate surface area is 159 Å². The first-order valence-electron chi connectivity index (χ1n) is 9.49. The Balaban J connectivity index is 1.74. The zero-order chi connectivity index (χ0) is 18.5. The standard InChI is InChI=1S/C20H28N4OS/c1-14(2)13-21-18(25)15-9-11-16(12-10-15)19-23-24(3)20(26-19)22-17-7-5-4-6-8-17/h9-12,14,17H,4-8,13H2,1-3H3,(H,21,25)/b22-20+. The summed E-state index contributed by atoms with van der Waals surface area (Å²) in [6.45, 7) is 4.86. The van der Waals surface area contributed by atoms with Crippen LogP contribution in [-0.2, 0) is 7.05 Å². The van der Waals surface area contributed by atoms with Crippen molar-refractivity contribution in [3.05, 3.63) is 34.6 Å². The zero-order valence-electron chi connectivity index (χ0n) is 15.9. The highest BCUT2D eigenvalue weighted by Gasteiger charge is 2.13. The molecule has 0 unspecified atom stereocenters. The average Bonchev–Trinajstić information content (AvgIpc) is 3.01. The lowest BCUT2D eigenvalue weighted by Gasteiger charge is -2.16. The molecule has 5 nitrogen and oxygen atoms in total. The summed E-state index contributed by atoms with van der Waals surface area (Å²) in [7, 11) is 1.95. The molecule has 0 aliphatic heterocycles. The predicted octanol–water partition coefficient (Wildman–Crippen LogP) is 3.77. The smallest absolute Gasteiger partial charge is 0.251 e. The van der Waals surface area contributed by atoms with Crippen LogP contribution in [0.4, 0.5) is 0 Å². The quantitative estimate of drug-likeness (QED) is 0.868. The molecule has 0 bridgehead atoms. The van der Waals surface area contributed by atoms with Crippen molar-refractivity contribution < 1.29 is 4.79 Å². The van der Waals surface area contributed by atoms with Crippen LogP contribution in [0.2, 0.25) is 0 Å². The molecule has 1 saturated carbocycles. The van der Waals surface area contributed by atoms with E-state index in [1.165, 1.54) is 32.1 Å². The molecule has 140 valence electrons. The van der Waals surface area contributed by atoms with Crippen LogP contribution in [0.3, 0.4) is 0 Å². The van der Waals surface area contributed by atoms with E-state index in [9.17, 15) is 4.79 Å². The van der Waals surface area contributed by atoms with Crippen LogP contribution in [0.25, 0.3) is 10.6 Å². The number of carbonyl (C=O) groups is 1. The maximum Gasteiger partial charge on any atom is 0.251 e. The van der Waals surface area contributed by atoms with Crippen molar-refractivity contribution in [3.63, 3.8) is 0 Å². The molecular formula is C20H28N4OS.